The fraction of sp³-hybridized carbons (Fsp3) is 0.353. The van der Waals surface area contributed by atoms with Gasteiger partial charge in [-0.25, -0.2) is 9.50 Å². The van der Waals surface area contributed by atoms with E-state index in [1.54, 1.807) is 0 Å². The zero-order valence-electron chi connectivity index (χ0n) is 24.3. The highest BCUT2D eigenvalue weighted by Crippen LogP contribution is 2.49. The number of anilines is 1. The number of hydrogen-bond donors (Lipinski definition) is 0. The van der Waals surface area contributed by atoms with Gasteiger partial charge in [0, 0.05) is 41.6 Å². The lowest BCUT2D eigenvalue weighted by atomic mass is 9.70. The lowest BCUT2D eigenvalue weighted by molar-refractivity contribution is -0.146. The Hall–Kier alpha value is -4.30. The van der Waals surface area contributed by atoms with Crippen LogP contribution >= 0.6 is 0 Å². The molecule has 0 bridgehead atoms. The molecule has 42 heavy (non-hydrogen) atoms. The van der Waals surface area contributed by atoms with Gasteiger partial charge in [0.2, 0.25) is 0 Å². The van der Waals surface area contributed by atoms with Crippen molar-refractivity contribution in [2.24, 2.45) is 0 Å². The summed E-state index contributed by atoms with van der Waals surface area (Å²) in [6, 6.07) is 22.9. The second-order valence-corrected chi connectivity index (χ2v) is 11.9. The molecular weight excluding hydrogens is 526 g/mol. The van der Waals surface area contributed by atoms with Crippen molar-refractivity contribution in [1.82, 2.24) is 19.6 Å². The number of nitrogens with zero attached hydrogens (tertiary/aromatic N) is 5. The van der Waals surface area contributed by atoms with Crippen molar-refractivity contribution < 1.29 is 14.3 Å². The number of ether oxygens (including phenoxy) is 2. The summed E-state index contributed by atoms with van der Waals surface area (Å²) in [4.78, 5) is 25.1. The summed E-state index contributed by atoms with van der Waals surface area (Å²) in [7, 11) is 1.43. The van der Waals surface area contributed by atoms with Gasteiger partial charge in [0.25, 0.3) is 0 Å². The molecule has 8 nitrogen and oxygen atoms in total. The number of pyridine rings is 1. The van der Waals surface area contributed by atoms with Gasteiger partial charge < -0.3 is 14.4 Å². The predicted octanol–water partition coefficient (Wildman–Crippen LogP) is 5.89. The number of methoxy groups -OCH3 is 1. The first kappa shape index (κ1) is 26.6. The van der Waals surface area contributed by atoms with E-state index in [9.17, 15) is 4.79 Å². The third-order valence-corrected chi connectivity index (χ3v) is 9.02. The van der Waals surface area contributed by atoms with E-state index in [1.165, 1.54) is 12.5 Å². The molecule has 5 aromatic rings. The highest BCUT2D eigenvalue weighted by molar-refractivity contribution is 5.83. The summed E-state index contributed by atoms with van der Waals surface area (Å²) in [5.74, 6) is 0.432. The SMILES string of the molecule is COC(=O)C(C)(C)c1ccc(-c2c(C3CC(c4ccc5ccccc5n4)C3)nc3c(N4CCOCC4)ccnn23)cc1. The first-order valence-corrected chi connectivity index (χ1v) is 14.7. The Bertz CT molecular complexity index is 1770. The monoisotopic (exact) mass is 561 g/mol. The number of hydrogen-bond acceptors (Lipinski definition) is 7. The largest absolute Gasteiger partial charge is 0.468 e. The summed E-state index contributed by atoms with van der Waals surface area (Å²) < 4.78 is 12.7. The van der Waals surface area contributed by atoms with Gasteiger partial charge >= 0.3 is 5.97 Å². The van der Waals surface area contributed by atoms with E-state index in [1.807, 2.05) is 42.8 Å². The Morgan fingerprint density at radius 2 is 1.69 bits per heavy atom. The zero-order valence-corrected chi connectivity index (χ0v) is 24.3. The fourth-order valence-corrected chi connectivity index (χ4v) is 6.37. The standard InChI is InChI=1S/C34H35N5O3/c1-34(2,33(40)41-3)26-11-8-23(9-12-26)31-30(37-32-29(14-15-35-39(31)32)38-16-18-42-19-17-38)25-20-24(21-25)28-13-10-22-6-4-5-7-27(22)36-28/h4-15,24-25H,16-21H2,1-3H3. The number of esters is 1. The van der Waals surface area contributed by atoms with Gasteiger partial charge in [-0.3, -0.25) is 9.78 Å². The Morgan fingerprint density at radius 3 is 2.45 bits per heavy atom. The minimum atomic E-state index is -0.745. The fourth-order valence-electron chi connectivity index (χ4n) is 6.37. The molecule has 214 valence electrons. The lowest BCUT2D eigenvalue weighted by Crippen LogP contribution is -2.36. The average Bonchev–Trinajstić information content (AvgIpc) is 3.39. The first-order chi connectivity index (χ1) is 20.4. The predicted molar refractivity (Wildman–Crippen MR) is 163 cm³/mol. The van der Waals surface area contributed by atoms with Crippen LogP contribution in [0, 0.1) is 0 Å². The zero-order chi connectivity index (χ0) is 28.8. The van der Waals surface area contributed by atoms with Gasteiger partial charge in [0.05, 0.1) is 54.5 Å². The maximum atomic E-state index is 12.5. The lowest BCUT2D eigenvalue weighted by Gasteiger charge is -2.34. The van der Waals surface area contributed by atoms with Crippen LogP contribution in [-0.4, -0.2) is 59.0 Å². The molecule has 2 fully saturated rings. The summed E-state index contributed by atoms with van der Waals surface area (Å²) in [6.45, 7) is 6.84. The second kappa shape index (κ2) is 10.5. The molecule has 1 saturated carbocycles. The van der Waals surface area contributed by atoms with Crippen molar-refractivity contribution in [2.45, 2.75) is 43.9 Å². The molecule has 0 atom stereocenters. The number of carbonyl (C=O) groups is 1. The number of rotatable bonds is 6. The molecule has 0 amide bonds. The Morgan fingerprint density at radius 1 is 0.929 bits per heavy atom. The van der Waals surface area contributed by atoms with Gasteiger partial charge in [-0.2, -0.15) is 5.10 Å². The molecular formula is C34H35N5O3. The topological polar surface area (TPSA) is 81.8 Å². The number of aromatic nitrogens is 4. The van der Waals surface area contributed by atoms with Crippen LogP contribution in [0.3, 0.4) is 0 Å². The Balaban J connectivity index is 1.27. The third kappa shape index (κ3) is 4.50. The smallest absolute Gasteiger partial charge is 0.315 e. The Kier molecular flexibility index (Phi) is 6.66. The van der Waals surface area contributed by atoms with Crippen molar-refractivity contribution in [3.8, 4) is 11.3 Å². The number of benzene rings is 2. The molecule has 0 spiro atoms. The van der Waals surface area contributed by atoms with Crippen molar-refractivity contribution >= 4 is 28.2 Å². The number of morpholine rings is 1. The van der Waals surface area contributed by atoms with Crippen LogP contribution < -0.4 is 4.90 Å². The van der Waals surface area contributed by atoms with Gasteiger partial charge in [-0.05, 0) is 50.5 Å². The molecule has 0 radical (unpaired) electrons. The normalized spacial score (nSPS) is 19.2. The second-order valence-electron chi connectivity index (χ2n) is 11.9. The molecule has 7 rings (SSSR count). The molecule has 8 heteroatoms. The van der Waals surface area contributed by atoms with Gasteiger partial charge in [-0.15, -0.1) is 0 Å². The van der Waals surface area contributed by atoms with Crippen molar-refractivity contribution in [2.75, 3.05) is 38.3 Å². The molecule has 2 aromatic carbocycles. The third-order valence-electron chi connectivity index (χ3n) is 9.02. The Labute approximate surface area is 245 Å². The molecule has 1 saturated heterocycles. The van der Waals surface area contributed by atoms with E-state index in [2.05, 4.69) is 53.4 Å². The summed E-state index contributed by atoms with van der Waals surface area (Å²) in [5.41, 5.74) is 7.41. The van der Waals surface area contributed by atoms with Gasteiger partial charge in [0.1, 0.15) is 0 Å². The number of imidazole rings is 1. The van der Waals surface area contributed by atoms with Gasteiger partial charge in [-0.1, -0.05) is 48.5 Å². The summed E-state index contributed by atoms with van der Waals surface area (Å²) >= 11 is 0. The minimum absolute atomic E-state index is 0.259. The molecule has 1 aliphatic heterocycles. The van der Waals surface area contributed by atoms with Crippen molar-refractivity contribution in [1.29, 1.82) is 0 Å². The maximum absolute atomic E-state index is 12.5. The van der Waals surface area contributed by atoms with Crippen LogP contribution in [0.5, 0.6) is 0 Å². The number of fused-ring (bicyclic) bond motifs is 2. The van der Waals surface area contributed by atoms with E-state index in [0.717, 1.165) is 71.0 Å². The van der Waals surface area contributed by atoms with Crippen molar-refractivity contribution in [3.63, 3.8) is 0 Å². The highest BCUT2D eigenvalue weighted by atomic mass is 16.5. The molecule has 4 heterocycles. The van der Waals surface area contributed by atoms with E-state index in [0.29, 0.717) is 25.0 Å². The van der Waals surface area contributed by atoms with Crippen LogP contribution in [0.15, 0.2) is 72.9 Å². The van der Waals surface area contributed by atoms with Crippen LogP contribution in [-0.2, 0) is 19.7 Å². The van der Waals surface area contributed by atoms with E-state index < -0.39 is 5.41 Å². The average molecular weight is 562 g/mol. The van der Waals surface area contributed by atoms with E-state index >= 15 is 0 Å². The maximum Gasteiger partial charge on any atom is 0.315 e. The molecule has 1 aliphatic carbocycles. The molecule has 3 aromatic heterocycles. The number of carbonyl (C=O) groups excluding carboxylic acids is 1. The van der Waals surface area contributed by atoms with E-state index in [-0.39, 0.29) is 5.97 Å². The molecule has 0 N–H and O–H groups in total. The quantitative estimate of drug-likeness (QED) is 0.239. The van der Waals surface area contributed by atoms with Crippen LogP contribution in [0.4, 0.5) is 5.69 Å². The first-order valence-electron chi connectivity index (χ1n) is 14.7. The van der Waals surface area contributed by atoms with Crippen LogP contribution in [0.1, 0.15) is 55.5 Å². The van der Waals surface area contributed by atoms with Crippen LogP contribution in [0.2, 0.25) is 0 Å². The summed E-state index contributed by atoms with van der Waals surface area (Å²) in [6.07, 6.45) is 3.84. The van der Waals surface area contributed by atoms with E-state index in [4.69, 9.17) is 24.5 Å². The number of para-hydroxylation sites is 1. The minimum Gasteiger partial charge on any atom is -0.468 e. The molecule has 2 aliphatic rings. The van der Waals surface area contributed by atoms with Gasteiger partial charge in [0.15, 0.2) is 5.65 Å². The highest BCUT2D eigenvalue weighted by Gasteiger charge is 2.37. The molecule has 0 unspecified atom stereocenters. The van der Waals surface area contributed by atoms with Crippen LogP contribution in [0.25, 0.3) is 27.8 Å². The summed E-state index contributed by atoms with van der Waals surface area (Å²) in [5, 5.41) is 5.98. The van der Waals surface area contributed by atoms with Crippen molar-refractivity contribution in [3.05, 3.63) is 89.9 Å².